The summed E-state index contributed by atoms with van der Waals surface area (Å²) in [7, 11) is 1.24. The first-order valence-electron chi connectivity index (χ1n) is 7.03. The van der Waals surface area contributed by atoms with Crippen molar-refractivity contribution in [3.05, 3.63) is 51.5 Å². The Labute approximate surface area is 155 Å². The molecule has 128 valence electrons. The minimum atomic E-state index is -0.771. The Morgan fingerprint density at radius 1 is 1.32 bits per heavy atom. The highest BCUT2D eigenvalue weighted by atomic mass is 127. The number of nitrogens with two attached hydrogens (primary N) is 1. The summed E-state index contributed by atoms with van der Waals surface area (Å²) in [6.45, 7) is 0. The third kappa shape index (κ3) is 3.14. The van der Waals surface area contributed by atoms with E-state index < -0.39 is 17.8 Å². The van der Waals surface area contributed by atoms with E-state index in [1.54, 1.807) is 12.1 Å². The number of primary amides is 1. The van der Waals surface area contributed by atoms with Crippen LogP contribution in [0.1, 0.15) is 10.4 Å². The highest BCUT2D eigenvalue weighted by molar-refractivity contribution is 14.1. The molecule has 0 aliphatic rings. The largest absolute Gasteiger partial charge is 0.465 e. The number of ether oxygens (including phenoxy) is 1. The predicted molar refractivity (Wildman–Crippen MR) is 98.5 cm³/mol. The molecule has 1 heterocycles. The molecule has 0 atom stereocenters. The molecule has 0 spiro atoms. The molecule has 1 aromatic heterocycles. The number of nitrogens with zero attached hydrogens (tertiary/aromatic N) is 2. The molecule has 1 amide bonds. The van der Waals surface area contributed by atoms with Gasteiger partial charge in [0.1, 0.15) is 5.82 Å². The lowest BCUT2D eigenvalue weighted by molar-refractivity contribution is 0.0602. The number of halogens is 2. The molecular weight excluding hydrogens is 442 g/mol. The van der Waals surface area contributed by atoms with Crippen molar-refractivity contribution in [2.75, 3.05) is 12.4 Å². The van der Waals surface area contributed by atoms with Crippen LogP contribution in [-0.4, -0.2) is 28.9 Å². The van der Waals surface area contributed by atoms with Crippen LogP contribution in [0.4, 0.5) is 20.6 Å². The fourth-order valence-electron chi connectivity index (χ4n) is 2.42. The van der Waals surface area contributed by atoms with Crippen molar-refractivity contribution >= 4 is 56.9 Å². The summed E-state index contributed by atoms with van der Waals surface area (Å²) in [5.74, 6) is -1.09. The molecule has 0 saturated heterocycles. The molecule has 0 fully saturated rings. The van der Waals surface area contributed by atoms with Gasteiger partial charge in [-0.3, -0.25) is 0 Å². The first-order valence-corrected chi connectivity index (χ1v) is 8.11. The third-order valence-electron chi connectivity index (χ3n) is 3.56. The van der Waals surface area contributed by atoms with Gasteiger partial charge in [-0.1, -0.05) is 0 Å². The molecule has 0 radical (unpaired) electrons. The van der Waals surface area contributed by atoms with Crippen LogP contribution in [0.15, 0.2) is 36.5 Å². The molecule has 3 aromatic rings. The topological polar surface area (TPSA) is 99.2 Å². The van der Waals surface area contributed by atoms with Crippen molar-refractivity contribution in [3.63, 3.8) is 0 Å². The van der Waals surface area contributed by atoms with E-state index in [0.29, 0.717) is 10.9 Å². The maximum Gasteiger partial charge on any atom is 0.340 e. The van der Waals surface area contributed by atoms with E-state index in [9.17, 15) is 14.0 Å². The monoisotopic (exact) mass is 454 g/mol. The lowest BCUT2D eigenvalue weighted by Crippen LogP contribution is -2.20. The van der Waals surface area contributed by atoms with Crippen LogP contribution < -0.4 is 11.1 Å². The number of aromatic nitrogens is 2. The first kappa shape index (κ1) is 17.1. The van der Waals surface area contributed by atoms with Crippen LogP contribution in [0.25, 0.3) is 10.9 Å². The van der Waals surface area contributed by atoms with Crippen LogP contribution in [0.5, 0.6) is 0 Å². The number of carbonyl (C=O) groups excluding carboxylic acids is 2. The number of anilines is 2. The molecule has 0 saturated carbocycles. The van der Waals surface area contributed by atoms with Gasteiger partial charge < -0.3 is 15.8 Å². The van der Waals surface area contributed by atoms with E-state index in [4.69, 9.17) is 10.5 Å². The van der Waals surface area contributed by atoms with E-state index >= 15 is 0 Å². The molecule has 25 heavy (non-hydrogen) atoms. The number of hydrogen-bond acceptors (Lipinski definition) is 5. The second-order valence-electron chi connectivity index (χ2n) is 5.06. The van der Waals surface area contributed by atoms with E-state index in [-0.39, 0.29) is 16.9 Å². The zero-order chi connectivity index (χ0) is 18.1. The number of benzene rings is 2. The smallest absolute Gasteiger partial charge is 0.340 e. The Balaban J connectivity index is 2.21. The van der Waals surface area contributed by atoms with Gasteiger partial charge >= 0.3 is 12.0 Å². The van der Waals surface area contributed by atoms with Crippen molar-refractivity contribution in [1.29, 1.82) is 0 Å². The Morgan fingerprint density at radius 2 is 2.08 bits per heavy atom. The maximum absolute atomic E-state index is 14.2. The molecule has 0 unspecified atom stereocenters. The van der Waals surface area contributed by atoms with E-state index in [1.807, 2.05) is 22.6 Å². The van der Waals surface area contributed by atoms with Gasteiger partial charge in [-0.15, -0.1) is 0 Å². The Kier molecular flexibility index (Phi) is 4.57. The SMILES string of the molecule is COC(=O)c1ccc2c(cnn2C(N)=O)c1Nc1ccc(I)cc1F. The van der Waals surface area contributed by atoms with Gasteiger partial charge in [-0.05, 0) is 52.9 Å². The lowest BCUT2D eigenvalue weighted by atomic mass is 10.1. The number of fused-ring (bicyclic) bond motifs is 1. The number of nitrogens with one attached hydrogen (secondary N) is 1. The van der Waals surface area contributed by atoms with E-state index in [2.05, 4.69) is 10.4 Å². The highest BCUT2D eigenvalue weighted by Gasteiger charge is 2.19. The lowest BCUT2D eigenvalue weighted by Gasteiger charge is -2.13. The van der Waals surface area contributed by atoms with Gasteiger partial charge in [0, 0.05) is 8.96 Å². The number of carbonyl (C=O) groups is 2. The van der Waals surface area contributed by atoms with Crippen LogP contribution in [0, 0.1) is 9.39 Å². The third-order valence-corrected chi connectivity index (χ3v) is 4.23. The summed E-state index contributed by atoms with van der Waals surface area (Å²) in [5, 5.41) is 7.24. The summed E-state index contributed by atoms with van der Waals surface area (Å²) < 4.78 is 20.7. The highest BCUT2D eigenvalue weighted by Crippen LogP contribution is 2.32. The molecule has 7 nitrogen and oxygen atoms in total. The van der Waals surface area contributed by atoms with Gasteiger partial charge in [-0.2, -0.15) is 9.78 Å². The average Bonchev–Trinajstić information content (AvgIpc) is 3.01. The average molecular weight is 454 g/mol. The number of methoxy groups -OCH3 is 1. The molecule has 3 N–H and O–H groups in total. The molecule has 0 aliphatic heterocycles. The van der Waals surface area contributed by atoms with Crippen LogP contribution in [0.2, 0.25) is 0 Å². The number of amides is 1. The fourth-order valence-corrected chi connectivity index (χ4v) is 2.87. The summed E-state index contributed by atoms with van der Waals surface area (Å²) in [6, 6.07) is 6.84. The summed E-state index contributed by atoms with van der Waals surface area (Å²) >= 11 is 1.99. The van der Waals surface area contributed by atoms with Gasteiger partial charge in [0.15, 0.2) is 0 Å². The number of rotatable bonds is 3. The number of hydrogen-bond donors (Lipinski definition) is 2. The summed E-state index contributed by atoms with van der Waals surface area (Å²) in [4.78, 5) is 23.5. The normalized spacial score (nSPS) is 10.7. The Hall–Kier alpha value is -2.69. The Bertz CT molecular complexity index is 1000. The summed E-state index contributed by atoms with van der Waals surface area (Å²) in [5.41, 5.74) is 6.29. The van der Waals surface area contributed by atoms with Gasteiger partial charge in [0.2, 0.25) is 0 Å². The van der Waals surface area contributed by atoms with Crippen LogP contribution >= 0.6 is 22.6 Å². The van der Waals surface area contributed by atoms with Gasteiger partial charge in [-0.25, -0.2) is 14.0 Å². The second kappa shape index (κ2) is 6.67. The molecular formula is C16H12FIN4O3. The van der Waals surface area contributed by atoms with Gasteiger partial charge in [0.25, 0.3) is 0 Å². The fraction of sp³-hybridized carbons (Fsp3) is 0.0625. The van der Waals surface area contributed by atoms with E-state index in [0.717, 1.165) is 8.25 Å². The molecule has 9 heteroatoms. The standard InChI is InChI=1S/C16H12FIN4O3/c1-25-15(23)9-3-5-13-10(7-20-22(13)16(19)24)14(9)21-12-4-2-8(18)6-11(12)17/h2-7,21H,1H3,(H2,19,24). The molecule has 0 bridgehead atoms. The molecule has 3 rings (SSSR count). The van der Waals surface area contributed by atoms with Crippen LogP contribution in [-0.2, 0) is 4.74 Å². The first-order chi connectivity index (χ1) is 11.9. The van der Waals surface area contributed by atoms with Crippen molar-refractivity contribution < 1.29 is 18.7 Å². The second-order valence-corrected chi connectivity index (χ2v) is 6.30. The zero-order valence-corrected chi connectivity index (χ0v) is 15.1. The van der Waals surface area contributed by atoms with Crippen molar-refractivity contribution in [1.82, 2.24) is 9.78 Å². The van der Waals surface area contributed by atoms with Crippen LogP contribution in [0.3, 0.4) is 0 Å². The van der Waals surface area contributed by atoms with Crippen molar-refractivity contribution in [2.45, 2.75) is 0 Å². The van der Waals surface area contributed by atoms with Gasteiger partial charge in [0.05, 0.1) is 35.8 Å². The maximum atomic E-state index is 14.2. The predicted octanol–water partition coefficient (Wildman–Crippen LogP) is 3.24. The van der Waals surface area contributed by atoms with E-state index in [1.165, 1.54) is 31.5 Å². The molecule has 0 aliphatic carbocycles. The number of esters is 1. The molecule has 2 aromatic carbocycles. The zero-order valence-electron chi connectivity index (χ0n) is 12.9. The quantitative estimate of drug-likeness (QED) is 0.468. The minimum absolute atomic E-state index is 0.171. The van der Waals surface area contributed by atoms with Crippen molar-refractivity contribution in [3.8, 4) is 0 Å². The Morgan fingerprint density at radius 3 is 2.72 bits per heavy atom. The minimum Gasteiger partial charge on any atom is -0.465 e. The van der Waals surface area contributed by atoms with Crippen molar-refractivity contribution in [2.24, 2.45) is 5.73 Å². The summed E-state index contributed by atoms with van der Waals surface area (Å²) in [6.07, 6.45) is 1.37.